The van der Waals surface area contributed by atoms with E-state index in [2.05, 4.69) is 10.3 Å². The summed E-state index contributed by atoms with van der Waals surface area (Å²) < 4.78 is 42.9. The maximum Gasteiger partial charge on any atom is 0.418 e. The number of halogens is 4. The van der Waals surface area contributed by atoms with Gasteiger partial charge in [-0.2, -0.15) is 13.2 Å². The van der Waals surface area contributed by atoms with Gasteiger partial charge in [0.25, 0.3) is 5.56 Å². The normalized spacial score (nSPS) is 11.8. The zero-order valence-corrected chi connectivity index (χ0v) is 18.6. The summed E-state index contributed by atoms with van der Waals surface area (Å²) in [6.07, 6.45) is -4.63. The molecule has 0 saturated carbocycles. The third kappa shape index (κ3) is 4.26. The maximum atomic E-state index is 13.4. The maximum absolute atomic E-state index is 13.4. The van der Waals surface area contributed by atoms with Crippen molar-refractivity contribution in [2.24, 2.45) is 0 Å². The molecule has 3 aromatic carbocycles. The number of carbonyl (C=O) groups excluding carboxylic acids is 1. The molecule has 0 aliphatic rings. The molecule has 2 heterocycles. The number of amides is 1. The number of para-hydroxylation sites is 3. The van der Waals surface area contributed by atoms with E-state index in [1.807, 2.05) is 0 Å². The van der Waals surface area contributed by atoms with Gasteiger partial charge in [0, 0.05) is 16.7 Å². The van der Waals surface area contributed by atoms with Crippen LogP contribution in [0.4, 0.5) is 18.9 Å². The lowest BCUT2D eigenvalue weighted by molar-refractivity contribution is -0.137. The zero-order chi connectivity index (χ0) is 24.7. The van der Waals surface area contributed by atoms with E-state index in [0.29, 0.717) is 27.3 Å². The summed E-state index contributed by atoms with van der Waals surface area (Å²) in [6, 6.07) is 19.8. The fraction of sp³-hybridized carbons (Fsp3) is 0.0800. The molecule has 0 radical (unpaired) electrons. The van der Waals surface area contributed by atoms with E-state index in [1.54, 1.807) is 48.5 Å². The molecule has 0 fully saturated rings. The predicted molar refractivity (Wildman–Crippen MR) is 127 cm³/mol. The summed E-state index contributed by atoms with van der Waals surface area (Å²) in [6.45, 7) is -0.361. The van der Waals surface area contributed by atoms with E-state index < -0.39 is 17.6 Å². The molecule has 1 amide bonds. The standard InChI is InChI=1S/C25H16ClF3N4O2/c26-16-11-9-15(10-12-16)19-13-23(35)33-21-8-4-3-7-20(21)32(24(33)31-19)14-22(34)30-18-6-2-1-5-17(18)25(27,28)29/h1-13H,14H2,(H,30,34). The molecule has 0 spiro atoms. The van der Waals surface area contributed by atoms with Gasteiger partial charge in [0.15, 0.2) is 0 Å². The van der Waals surface area contributed by atoms with Crippen LogP contribution in [-0.4, -0.2) is 19.9 Å². The van der Waals surface area contributed by atoms with Gasteiger partial charge in [0.1, 0.15) is 6.54 Å². The van der Waals surface area contributed by atoms with Gasteiger partial charge in [-0.3, -0.25) is 9.59 Å². The van der Waals surface area contributed by atoms with Crippen LogP contribution >= 0.6 is 11.6 Å². The first-order valence-electron chi connectivity index (χ1n) is 10.5. The number of alkyl halides is 3. The van der Waals surface area contributed by atoms with Gasteiger partial charge >= 0.3 is 6.18 Å². The van der Waals surface area contributed by atoms with Crippen molar-refractivity contribution in [3.8, 4) is 11.3 Å². The molecular weight excluding hydrogens is 481 g/mol. The Balaban J connectivity index is 1.61. The van der Waals surface area contributed by atoms with Gasteiger partial charge in [-0.25, -0.2) is 9.38 Å². The largest absolute Gasteiger partial charge is 0.418 e. The molecule has 0 saturated heterocycles. The molecule has 0 aliphatic carbocycles. The average Bonchev–Trinajstić information content (AvgIpc) is 3.13. The Morgan fingerprint density at radius 1 is 0.943 bits per heavy atom. The number of benzene rings is 3. The molecule has 6 nitrogen and oxygen atoms in total. The minimum absolute atomic E-state index is 0.183. The highest BCUT2D eigenvalue weighted by Gasteiger charge is 2.33. The van der Waals surface area contributed by atoms with Gasteiger partial charge in [-0.1, -0.05) is 48.0 Å². The van der Waals surface area contributed by atoms with Gasteiger partial charge < -0.3 is 9.88 Å². The van der Waals surface area contributed by atoms with Crippen LogP contribution < -0.4 is 10.9 Å². The molecule has 5 aromatic rings. The SMILES string of the molecule is O=C(Cn1c2ccccc2n2c(=O)cc(-c3ccc(Cl)cc3)nc12)Nc1ccccc1C(F)(F)F. The quantitative estimate of drug-likeness (QED) is 0.351. The third-order valence-corrected chi connectivity index (χ3v) is 5.76. The third-order valence-electron chi connectivity index (χ3n) is 5.50. The summed E-state index contributed by atoms with van der Waals surface area (Å²) in [5.41, 5.74) is 0.411. The van der Waals surface area contributed by atoms with E-state index in [0.717, 1.165) is 6.07 Å². The molecule has 0 atom stereocenters. The summed E-state index contributed by atoms with van der Waals surface area (Å²) >= 11 is 5.96. The lowest BCUT2D eigenvalue weighted by Gasteiger charge is -2.14. The van der Waals surface area contributed by atoms with Crippen LogP contribution in [0.5, 0.6) is 0 Å². The van der Waals surface area contributed by atoms with Crippen LogP contribution in [0.1, 0.15) is 5.56 Å². The van der Waals surface area contributed by atoms with E-state index >= 15 is 0 Å². The van der Waals surface area contributed by atoms with Crippen molar-refractivity contribution in [2.75, 3.05) is 5.32 Å². The first-order valence-corrected chi connectivity index (χ1v) is 10.8. The lowest BCUT2D eigenvalue weighted by Crippen LogP contribution is -2.22. The fourth-order valence-corrected chi connectivity index (χ4v) is 4.09. The van der Waals surface area contributed by atoms with Crippen LogP contribution in [0.25, 0.3) is 28.1 Å². The zero-order valence-electron chi connectivity index (χ0n) is 17.9. The molecule has 5 rings (SSSR count). The number of rotatable bonds is 4. The minimum atomic E-state index is -4.63. The van der Waals surface area contributed by atoms with Gasteiger partial charge in [0.2, 0.25) is 11.7 Å². The minimum Gasteiger partial charge on any atom is -0.324 e. The van der Waals surface area contributed by atoms with Crippen molar-refractivity contribution >= 4 is 40.0 Å². The Morgan fingerprint density at radius 3 is 2.31 bits per heavy atom. The number of hydrogen-bond acceptors (Lipinski definition) is 3. The Labute approximate surface area is 201 Å². The predicted octanol–water partition coefficient (Wildman–Crippen LogP) is 5.63. The number of imidazole rings is 1. The lowest BCUT2D eigenvalue weighted by atomic mass is 10.1. The second-order valence-electron chi connectivity index (χ2n) is 7.79. The summed E-state index contributed by atoms with van der Waals surface area (Å²) in [7, 11) is 0. The van der Waals surface area contributed by atoms with E-state index in [1.165, 1.54) is 33.2 Å². The van der Waals surface area contributed by atoms with Crippen molar-refractivity contribution in [1.29, 1.82) is 0 Å². The highest BCUT2D eigenvalue weighted by atomic mass is 35.5. The second kappa shape index (κ2) is 8.59. The smallest absolute Gasteiger partial charge is 0.324 e. The number of aromatic nitrogens is 3. The number of nitrogens with one attached hydrogen (secondary N) is 1. The van der Waals surface area contributed by atoms with Crippen LogP contribution in [0.2, 0.25) is 5.02 Å². The molecule has 1 N–H and O–H groups in total. The van der Waals surface area contributed by atoms with E-state index in [4.69, 9.17) is 11.6 Å². The molecule has 0 aliphatic heterocycles. The second-order valence-corrected chi connectivity index (χ2v) is 8.22. The summed E-state index contributed by atoms with van der Waals surface area (Å²) in [4.78, 5) is 30.6. The summed E-state index contributed by atoms with van der Waals surface area (Å²) in [5, 5.41) is 2.87. The Hall–Kier alpha value is -4.11. The molecule has 10 heteroatoms. The van der Waals surface area contributed by atoms with Crippen molar-refractivity contribution in [1.82, 2.24) is 14.0 Å². The Bertz CT molecular complexity index is 1640. The Morgan fingerprint density at radius 2 is 1.60 bits per heavy atom. The number of anilines is 1. The summed E-state index contributed by atoms with van der Waals surface area (Å²) in [5.74, 6) is -0.515. The number of nitrogens with zero attached hydrogens (tertiary/aromatic N) is 3. The van der Waals surface area contributed by atoms with Gasteiger partial charge in [-0.15, -0.1) is 0 Å². The first-order chi connectivity index (χ1) is 16.7. The number of fused-ring (bicyclic) bond motifs is 3. The molecule has 0 unspecified atom stereocenters. The average molecular weight is 497 g/mol. The van der Waals surface area contributed by atoms with Crippen molar-refractivity contribution in [3.63, 3.8) is 0 Å². The highest BCUT2D eigenvalue weighted by molar-refractivity contribution is 6.30. The first kappa shape index (κ1) is 22.7. The van der Waals surface area contributed by atoms with Crippen LogP contribution in [0.3, 0.4) is 0 Å². The monoisotopic (exact) mass is 496 g/mol. The number of hydrogen-bond donors (Lipinski definition) is 1. The van der Waals surface area contributed by atoms with Crippen molar-refractivity contribution in [3.05, 3.63) is 99.8 Å². The molecule has 176 valence electrons. The molecule has 2 aromatic heterocycles. The molecular formula is C25H16ClF3N4O2. The van der Waals surface area contributed by atoms with E-state index in [9.17, 15) is 22.8 Å². The van der Waals surface area contributed by atoms with Crippen LogP contribution in [0, 0.1) is 0 Å². The number of carbonyl (C=O) groups is 1. The van der Waals surface area contributed by atoms with Crippen molar-refractivity contribution < 1.29 is 18.0 Å². The highest BCUT2D eigenvalue weighted by Crippen LogP contribution is 2.34. The fourth-order valence-electron chi connectivity index (χ4n) is 3.96. The Kier molecular flexibility index (Phi) is 5.56. The van der Waals surface area contributed by atoms with Crippen LogP contribution in [0.15, 0.2) is 83.7 Å². The molecule has 35 heavy (non-hydrogen) atoms. The van der Waals surface area contributed by atoms with Crippen LogP contribution in [-0.2, 0) is 17.5 Å². The van der Waals surface area contributed by atoms with Gasteiger partial charge in [-0.05, 0) is 36.4 Å². The molecule has 0 bridgehead atoms. The topological polar surface area (TPSA) is 68.4 Å². The van der Waals surface area contributed by atoms with E-state index in [-0.39, 0.29) is 23.6 Å². The van der Waals surface area contributed by atoms with Crippen molar-refractivity contribution in [2.45, 2.75) is 12.7 Å². The van der Waals surface area contributed by atoms with Gasteiger partial charge in [0.05, 0.1) is 28.0 Å².